The Kier molecular flexibility index (Phi) is 5.94. The molecular weight excluding hydrogens is 156 g/mol. The van der Waals surface area contributed by atoms with Crippen LogP contribution in [-0.2, 0) is 4.79 Å². The van der Waals surface area contributed by atoms with Gasteiger partial charge in [-0.05, 0) is 20.8 Å². The van der Waals surface area contributed by atoms with Crippen LogP contribution in [0.5, 0.6) is 0 Å². The molecule has 2 heteroatoms. The first-order valence-electron chi connectivity index (χ1n) is 3.62. The van der Waals surface area contributed by atoms with Gasteiger partial charge in [-0.2, -0.15) is 0 Å². The van der Waals surface area contributed by atoms with E-state index in [-0.39, 0.29) is 5.78 Å². The molecule has 0 fully saturated rings. The van der Waals surface area contributed by atoms with Crippen LogP contribution in [0.4, 0.5) is 0 Å². The fourth-order valence-corrected chi connectivity index (χ4v) is 1.35. The van der Waals surface area contributed by atoms with Crippen molar-refractivity contribution in [1.82, 2.24) is 0 Å². The lowest BCUT2D eigenvalue weighted by Crippen LogP contribution is -1.92. The average molecular weight is 170 g/mol. The van der Waals surface area contributed by atoms with Gasteiger partial charge in [0.25, 0.3) is 0 Å². The second kappa shape index (κ2) is 6.23. The van der Waals surface area contributed by atoms with Crippen molar-refractivity contribution in [3.63, 3.8) is 0 Å². The van der Waals surface area contributed by atoms with E-state index in [0.717, 1.165) is 4.91 Å². The molecule has 0 rings (SSSR count). The molecule has 0 aliphatic carbocycles. The van der Waals surface area contributed by atoms with Crippen molar-refractivity contribution < 1.29 is 4.79 Å². The Hall–Kier alpha value is -0.500. The first kappa shape index (κ1) is 10.5. The second-order valence-corrected chi connectivity index (χ2v) is 3.23. The van der Waals surface area contributed by atoms with Crippen molar-refractivity contribution in [1.29, 1.82) is 0 Å². The topological polar surface area (TPSA) is 17.1 Å². The minimum atomic E-state index is 0.221. The van der Waals surface area contributed by atoms with E-state index in [1.807, 2.05) is 32.1 Å². The van der Waals surface area contributed by atoms with Gasteiger partial charge < -0.3 is 0 Å². The predicted molar refractivity (Wildman–Crippen MR) is 51.7 cm³/mol. The molecule has 11 heavy (non-hydrogen) atoms. The van der Waals surface area contributed by atoms with Gasteiger partial charge in [0, 0.05) is 4.91 Å². The van der Waals surface area contributed by atoms with Gasteiger partial charge in [0.15, 0.2) is 0 Å². The Bertz CT molecular complexity index is 180. The number of Topliss-reactive ketones (excluding diaryl/α,β-unsaturated/α-hetero) is 1. The highest BCUT2D eigenvalue weighted by Gasteiger charge is 1.94. The summed E-state index contributed by atoms with van der Waals surface area (Å²) in [7, 11) is 0. The van der Waals surface area contributed by atoms with Crippen LogP contribution in [0.2, 0.25) is 0 Å². The van der Waals surface area contributed by atoms with E-state index in [2.05, 4.69) is 0 Å². The van der Waals surface area contributed by atoms with Crippen molar-refractivity contribution in [3.8, 4) is 0 Å². The van der Waals surface area contributed by atoms with Crippen molar-refractivity contribution in [2.24, 2.45) is 0 Å². The van der Waals surface area contributed by atoms with E-state index in [4.69, 9.17) is 0 Å². The van der Waals surface area contributed by atoms with Gasteiger partial charge in [0.1, 0.15) is 5.78 Å². The summed E-state index contributed by atoms with van der Waals surface area (Å²) in [5.74, 6) is 0.795. The van der Waals surface area contributed by atoms with Crippen molar-refractivity contribution in [2.45, 2.75) is 20.8 Å². The molecule has 0 aromatic heterocycles. The Labute approximate surface area is 72.6 Å². The largest absolute Gasteiger partial charge is 0.299 e. The number of ketones is 1. The predicted octanol–water partition coefficient (Wildman–Crippen LogP) is 2.79. The fraction of sp³-hybridized carbons (Fsp3) is 0.444. The summed E-state index contributed by atoms with van der Waals surface area (Å²) in [4.78, 5) is 11.8. The van der Waals surface area contributed by atoms with Gasteiger partial charge in [0.2, 0.25) is 0 Å². The highest BCUT2D eigenvalue weighted by Crippen LogP contribution is 2.16. The van der Waals surface area contributed by atoms with Crippen LogP contribution in [0.15, 0.2) is 23.1 Å². The molecule has 0 bridgehead atoms. The highest BCUT2D eigenvalue weighted by atomic mass is 32.2. The molecule has 0 spiro atoms. The Morgan fingerprint density at radius 1 is 1.45 bits per heavy atom. The van der Waals surface area contributed by atoms with E-state index >= 15 is 0 Å². The zero-order chi connectivity index (χ0) is 8.69. The molecule has 1 nitrogen and oxygen atoms in total. The van der Waals surface area contributed by atoms with Gasteiger partial charge in [-0.3, -0.25) is 4.79 Å². The van der Waals surface area contributed by atoms with Gasteiger partial charge >= 0.3 is 0 Å². The molecule has 62 valence electrons. The van der Waals surface area contributed by atoms with Crippen LogP contribution >= 0.6 is 11.8 Å². The molecule has 0 unspecified atom stereocenters. The van der Waals surface area contributed by atoms with Crippen LogP contribution in [0.1, 0.15) is 20.8 Å². The highest BCUT2D eigenvalue weighted by molar-refractivity contribution is 8.03. The van der Waals surface area contributed by atoms with E-state index in [0.29, 0.717) is 5.75 Å². The number of hydrogen-bond donors (Lipinski definition) is 0. The zero-order valence-corrected chi connectivity index (χ0v) is 8.07. The summed E-state index contributed by atoms with van der Waals surface area (Å²) in [5.41, 5.74) is 0. The Balaban J connectivity index is 3.81. The van der Waals surface area contributed by atoms with Gasteiger partial charge in [-0.25, -0.2) is 0 Å². The first-order valence-corrected chi connectivity index (χ1v) is 4.60. The molecule has 0 atom stereocenters. The van der Waals surface area contributed by atoms with Gasteiger partial charge in [-0.15, -0.1) is 11.8 Å². The van der Waals surface area contributed by atoms with Gasteiger partial charge in [-0.1, -0.05) is 18.2 Å². The van der Waals surface area contributed by atoms with Crippen LogP contribution in [-0.4, -0.2) is 11.5 Å². The van der Waals surface area contributed by atoms with Crippen molar-refractivity contribution in [3.05, 3.63) is 23.1 Å². The van der Waals surface area contributed by atoms with Crippen LogP contribution < -0.4 is 0 Å². The summed E-state index contributed by atoms with van der Waals surface area (Å²) in [5, 5.41) is 0. The third-order valence-corrected chi connectivity index (χ3v) is 2.31. The summed E-state index contributed by atoms with van der Waals surface area (Å²) in [6, 6.07) is 0. The molecule has 0 radical (unpaired) electrons. The maximum atomic E-state index is 10.6. The van der Waals surface area contributed by atoms with Crippen molar-refractivity contribution in [2.75, 3.05) is 5.75 Å². The van der Waals surface area contributed by atoms with Gasteiger partial charge in [0.05, 0.1) is 5.75 Å². The molecule has 0 aromatic rings. The van der Waals surface area contributed by atoms with E-state index in [1.54, 1.807) is 18.7 Å². The molecule has 0 saturated heterocycles. The zero-order valence-electron chi connectivity index (χ0n) is 7.26. The number of thioether (sulfide) groups is 1. The monoisotopic (exact) mass is 170 g/mol. The minimum absolute atomic E-state index is 0.221. The SMILES string of the molecule is C/C=C\C(=C/C)SCC(C)=O. The number of rotatable bonds is 4. The molecule has 0 heterocycles. The standard InChI is InChI=1S/C9H14OS/c1-4-6-9(5-2)11-7-8(3)10/h4-6H,7H2,1-3H3/b6-4-,9-5+. The lowest BCUT2D eigenvalue weighted by atomic mass is 10.4. The quantitative estimate of drug-likeness (QED) is 0.603. The average Bonchev–Trinajstić information content (AvgIpc) is 1.97. The normalized spacial score (nSPS) is 12.5. The van der Waals surface area contributed by atoms with E-state index in [9.17, 15) is 4.79 Å². The van der Waals surface area contributed by atoms with Crippen molar-refractivity contribution >= 4 is 17.5 Å². The summed E-state index contributed by atoms with van der Waals surface area (Å²) in [6.45, 7) is 5.55. The lowest BCUT2D eigenvalue weighted by molar-refractivity contribution is -0.114. The third kappa shape index (κ3) is 5.92. The van der Waals surface area contributed by atoms with E-state index < -0.39 is 0 Å². The van der Waals surface area contributed by atoms with Crippen LogP contribution in [0, 0.1) is 0 Å². The van der Waals surface area contributed by atoms with Crippen LogP contribution in [0.3, 0.4) is 0 Å². The second-order valence-electron chi connectivity index (χ2n) is 2.18. The summed E-state index contributed by atoms with van der Waals surface area (Å²) >= 11 is 1.58. The minimum Gasteiger partial charge on any atom is -0.299 e. The molecule has 0 aliphatic heterocycles. The maximum absolute atomic E-state index is 10.6. The number of allylic oxidation sites excluding steroid dienone is 3. The Morgan fingerprint density at radius 3 is 2.45 bits per heavy atom. The molecule has 0 aromatic carbocycles. The van der Waals surface area contributed by atoms with Crippen LogP contribution in [0.25, 0.3) is 0 Å². The first-order chi connectivity index (χ1) is 5.20. The summed E-state index contributed by atoms with van der Waals surface area (Å²) in [6.07, 6.45) is 5.99. The summed E-state index contributed by atoms with van der Waals surface area (Å²) < 4.78 is 0. The molecule has 0 saturated carbocycles. The number of hydrogen-bond acceptors (Lipinski definition) is 2. The van der Waals surface area contributed by atoms with E-state index in [1.165, 1.54) is 0 Å². The lowest BCUT2D eigenvalue weighted by Gasteiger charge is -1.96. The molecular formula is C9H14OS. The maximum Gasteiger partial charge on any atom is 0.140 e. The fourth-order valence-electron chi connectivity index (χ4n) is 0.577. The number of carbonyl (C=O) groups excluding carboxylic acids is 1. The molecule has 0 aliphatic rings. The number of carbonyl (C=O) groups is 1. The molecule has 0 amide bonds. The molecule has 0 N–H and O–H groups in total. The smallest absolute Gasteiger partial charge is 0.140 e. The third-order valence-electron chi connectivity index (χ3n) is 1.06. The Morgan fingerprint density at radius 2 is 2.09 bits per heavy atom.